The molecule has 4 heteroatoms. The highest BCUT2D eigenvalue weighted by atomic mass is 15.3. The van der Waals surface area contributed by atoms with E-state index in [1.165, 1.54) is 62.2 Å². The Morgan fingerprint density at radius 2 is 1.14 bits per heavy atom. The standard InChI is InChI=1S/C46H38N4/c1-4-14-31(15-5-1)44-48-45(32-16-6-2-7-17-32)50-46(49-44)37-21-13-20-35(29-37)33-18-12-19-34(28-33)36-25-26-40-38-22-9-10-23-39(38)41-24-8-3-11-27-47-43(41)42(40)30-36/h1-2,4-7,9-10,12-23,25-30,44,46,49H,3,8,11,24H2,(H,48,50)/b47-27-. The molecule has 50 heavy (non-hydrogen) atoms. The molecule has 0 saturated heterocycles. The van der Waals surface area contributed by atoms with Crippen LogP contribution in [0.2, 0.25) is 0 Å². The lowest BCUT2D eigenvalue weighted by atomic mass is 9.89. The molecule has 0 fully saturated rings. The zero-order valence-electron chi connectivity index (χ0n) is 27.9. The molecule has 0 spiro atoms. The minimum Gasteiger partial charge on any atom is -0.350 e. The molecule has 2 unspecified atom stereocenters. The molecule has 2 heterocycles. The van der Waals surface area contributed by atoms with Crippen LogP contribution >= 0.6 is 0 Å². The van der Waals surface area contributed by atoms with Crippen molar-refractivity contribution in [2.45, 2.75) is 38.0 Å². The van der Waals surface area contributed by atoms with E-state index in [1.807, 2.05) is 12.1 Å². The first-order valence-corrected chi connectivity index (χ1v) is 17.7. The van der Waals surface area contributed by atoms with Gasteiger partial charge in [0, 0.05) is 17.2 Å². The van der Waals surface area contributed by atoms with Gasteiger partial charge in [0.05, 0.1) is 5.69 Å². The van der Waals surface area contributed by atoms with Gasteiger partial charge in [0.1, 0.15) is 18.2 Å². The molecule has 2 aliphatic rings. The summed E-state index contributed by atoms with van der Waals surface area (Å²) >= 11 is 0. The Kier molecular flexibility index (Phi) is 8.00. The van der Waals surface area contributed by atoms with Gasteiger partial charge in [-0.15, -0.1) is 0 Å². The third kappa shape index (κ3) is 5.78. The first kappa shape index (κ1) is 30.2. The fraction of sp³-hybridized carbons (Fsp3) is 0.130. The molecule has 0 amide bonds. The lowest BCUT2D eigenvalue weighted by molar-refractivity contribution is 0.409. The lowest BCUT2D eigenvalue weighted by Gasteiger charge is -2.32. The SMILES string of the molecule is C1=N\c2c(c3ccccc3c3ccc(-c4cccc(-c5cccc(C6NC(c7ccccc7)=NC(c7ccccc7)N6)c5)c4)cc23)CCCC/1. The molecular formula is C46H38N4. The van der Waals surface area contributed by atoms with Crippen LogP contribution in [0.1, 0.15) is 53.8 Å². The van der Waals surface area contributed by atoms with Gasteiger partial charge >= 0.3 is 0 Å². The second-order valence-electron chi connectivity index (χ2n) is 13.3. The molecule has 0 aliphatic carbocycles. The summed E-state index contributed by atoms with van der Waals surface area (Å²) in [6.07, 6.45) is 6.31. The second kappa shape index (κ2) is 13.2. The zero-order valence-corrected chi connectivity index (χ0v) is 27.9. The number of rotatable bonds is 5. The van der Waals surface area contributed by atoms with Crippen molar-refractivity contribution < 1.29 is 0 Å². The summed E-state index contributed by atoms with van der Waals surface area (Å²) in [6.45, 7) is 0. The Bertz CT molecular complexity index is 2390. The van der Waals surface area contributed by atoms with Crippen molar-refractivity contribution in [2.24, 2.45) is 9.98 Å². The van der Waals surface area contributed by atoms with E-state index in [4.69, 9.17) is 9.98 Å². The summed E-state index contributed by atoms with van der Waals surface area (Å²) in [5.41, 5.74) is 10.7. The number of nitrogens with zero attached hydrogens (tertiary/aromatic N) is 2. The highest BCUT2D eigenvalue weighted by Gasteiger charge is 2.25. The number of amidine groups is 1. The van der Waals surface area contributed by atoms with Gasteiger partial charge in [0.2, 0.25) is 0 Å². The molecule has 9 rings (SSSR count). The van der Waals surface area contributed by atoms with Crippen molar-refractivity contribution in [3.8, 4) is 22.3 Å². The van der Waals surface area contributed by atoms with E-state index in [2.05, 4.69) is 156 Å². The highest BCUT2D eigenvalue weighted by molar-refractivity contribution is 6.15. The minimum absolute atomic E-state index is 0.119. The van der Waals surface area contributed by atoms with Crippen molar-refractivity contribution in [1.29, 1.82) is 0 Å². The number of fused-ring (bicyclic) bond motifs is 6. The number of aryl methyl sites for hydroxylation is 1. The van der Waals surface area contributed by atoms with Gasteiger partial charge < -0.3 is 5.32 Å². The van der Waals surface area contributed by atoms with E-state index in [9.17, 15) is 0 Å². The van der Waals surface area contributed by atoms with Crippen LogP contribution in [0.3, 0.4) is 0 Å². The van der Waals surface area contributed by atoms with Crippen LogP contribution in [-0.2, 0) is 6.42 Å². The van der Waals surface area contributed by atoms with Gasteiger partial charge in [-0.05, 0) is 99.0 Å². The Hall–Kier alpha value is -5.84. The van der Waals surface area contributed by atoms with E-state index in [-0.39, 0.29) is 12.3 Å². The Labute approximate surface area is 293 Å². The van der Waals surface area contributed by atoms with Gasteiger partial charge in [0.25, 0.3) is 0 Å². The van der Waals surface area contributed by atoms with Crippen LogP contribution in [0, 0.1) is 0 Å². The molecule has 4 nitrogen and oxygen atoms in total. The van der Waals surface area contributed by atoms with Gasteiger partial charge in [0.15, 0.2) is 0 Å². The van der Waals surface area contributed by atoms with Crippen LogP contribution in [0.4, 0.5) is 5.69 Å². The topological polar surface area (TPSA) is 48.8 Å². The van der Waals surface area contributed by atoms with E-state index in [0.29, 0.717) is 0 Å². The van der Waals surface area contributed by atoms with Crippen molar-refractivity contribution in [1.82, 2.24) is 10.6 Å². The number of benzene rings is 7. The van der Waals surface area contributed by atoms with Crippen LogP contribution in [0.25, 0.3) is 43.8 Å². The van der Waals surface area contributed by atoms with Crippen LogP contribution < -0.4 is 10.6 Å². The molecule has 7 aromatic carbocycles. The minimum atomic E-state index is -0.168. The third-order valence-corrected chi connectivity index (χ3v) is 10.1. The van der Waals surface area contributed by atoms with Crippen molar-refractivity contribution >= 4 is 39.3 Å². The summed E-state index contributed by atoms with van der Waals surface area (Å²) in [6, 6.07) is 54.4. The molecule has 0 bridgehead atoms. The van der Waals surface area contributed by atoms with E-state index in [1.54, 1.807) is 0 Å². The van der Waals surface area contributed by atoms with Gasteiger partial charge in [-0.3, -0.25) is 10.3 Å². The van der Waals surface area contributed by atoms with Gasteiger partial charge in [-0.2, -0.15) is 0 Å². The fourth-order valence-corrected chi connectivity index (χ4v) is 7.58. The Balaban J connectivity index is 1.08. The monoisotopic (exact) mass is 646 g/mol. The first-order valence-electron chi connectivity index (χ1n) is 17.7. The average Bonchev–Trinajstić information content (AvgIpc) is 3.18. The maximum Gasteiger partial charge on any atom is 0.131 e. The van der Waals surface area contributed by atoms with Crippen molar-refractivity contribution in [3.05, 3.63) is 174 Å². The molecule has 0 radical (unpaired) electrons. The molecule has 0 saturated carbocycles. The number of aliphatic imine (C=N–C) groups is 2. The van der Waals surface area contributed by atoms with Crippen molar-refractivity contribution in [3.63, 3.8) is 0 Å². The normalized spacial score (nSPS) is 18.0. The molecule has 7 aromatic rings. The summed E-state index contributed by atoms with van der Waals surface area (Å²) in [4.78, 5) is 10.2. The van der Waals surface area contributed by atoms with Crippen molar-refractivity contribution in [2.75, 3.05) is 0 Å². The van der Waals surface area contributed by atoms with Crippen LogP contribution in [0.15, 0.2) is 162 Å². The zero-order chi connectivity index (χ0) is 33.3. The molecule has 242 valence electrons. The molecule has 2 aliphatic heterocycles. The predicted octanol–water partition coefficient (Wildman–Crippen LogP) is 11.1. The van der Waals surface area contributed by atoms with E-state index >= 15 is 0 Å². The van der Waals surface area contributed by atoms with Gasteiger partial charge in [-0.25, -0.2) is 4.99 Å². The maximum absolute atomic E-state index is 5.08. The van der Waals surface area contributed by atoms with Crippen LogP contribution in [-0.4, -0.2) is 12.1 Å². The molecular weight excluding hydrogens is 609 g/mol. The molecule has 2 atom stereocenters. The second-order valence-corrected chi connectivity index (χ2v) is 13.3. The predicted molar refractivity (Wildman–Crippen MR) is 209 cm³/mol. The van der Waals surface area contributed by atoms with E-state index in [0.717, 1.165) is 41.1 Å². The van der Waals surface area contributed by atoms with Crippen LogP contribution in [0.5, 0.6) is 0 Å². The number of nitrogens with one attached hydrogen (secondary N) is 2. The third-order valence-electron chi connectivity index (χ3n) is 10.1. The summed E-state index contributed by atoms with van der Waals surface area (Å²) in [5.74, 6) is 0.887. The summed E-state index contributed by atoms with van der Waals surface area (Å²) in [5, 5.41) is 12.6. The molecule has 2 N–H and O–H groups in total. The fourth-order valence-electron chi connectivity index (χ4n) is 7.58. The largest absolute Gasteiger partial charge is 0.350 e. The number of hydrogen-bond acceptors (Lipinski definition) is 4. The smallest absolute Gasteiger partial charge is 0.131 e. The van der Waals surface area contributed by atoms with E-state index < -0.39 is 0 Å². The molecule has 0 aromatic heterocycles. The first-order chi connectivity index (χ1) is 24.8. The Morgan fingerprint density at radius 1 is 0.500 bits per heavy atom. The highest BCUT2D eigenvalue weighted by Crippen LogP contribution is 2.42. The van der Waals surface area contributed by atoms with Gasteiger partial charge in [-0.1, -0.05) is 133 Å². The summed E-state index contributed by atoms with van der Waals surface area (Å²) in [7, 11) is 0. The summed E-state index contributed by atoms with van der Waals surface area (Å²) < 4.78 is 0. The average molecular weight is 647 g/mol. The maximum atomic E-state index is 5.08. The Morgan fingerprint density at radius 3 is 1.96 bits per heavy atom. The lowest BCUT2D eigenvalue weighted by Crippen LogP contribution is -2.44. The number of hydrogen-bond donors (Lipinski definition) is 2. The quantitative estimate of drug-likeness (QED) is 0.183.